The quantitative estimate of drug-likeness (QED) is 0.858. The molecule has 128 valence electrons. The SMILES string of the molecule is CN(C)Cc1cc(C(=O)NCC(=O)N2CCC[C@H]2C#N)c(Cl)cn1. The molecular weight excluding hydrogens is 330 g/mol. The van der Waals surface area contributed by atoms with Gasteiger partial charge in [0.25, 0.3) is 5.91 Å². The summed E-state index contributed by atoms with van der Waals surface area (Å²) in [7, 11) is 3.80. The highest BCUT2D eigenvalue weighted by molar-refractivity contribution is 6.33. The molecule has 1 aliphatic rings. The van der Waals surface area contributed by atoms with E-state index in [-0.39, 0.29) is 23.0 Å². The molecule has 2 heterocycles. The van der Waals surface area contributed by atoms with Crippen molar-refractivity contribution in [2.45, 2.75) is 25.4 Å². The molecule has 0 spiro atoms. The van der Waals surface area contributed by atoms with Gasteiger partial charge in [0.05, 0.1) is 28.9 Å². The standard InChI is InChI=1S/C16H20ClN5O2/c1-21(2)10-11-6-13(14(17)8-19-11)16(24)20-9-15(23)22-5-3-4-12(22)7-18/h6,8,12H,3-5,9-10H2,1-2H3,(H,20,24)/t12-/m0/s1. The average molecular weight is 350 g/mol. The number of aromatic nitrogens is 1. The van der Waals surface area contributed by atoms with E-state index >= 15 is 0 Å². The zero-order valence-corrected chi connectivity index (χ0v) is 14.5. The Morgan fingerprint density at radius 3 is 2.96 bits per heavy atom. The van der Waals surface area contributed by atoms with E-state index in [0.29, 0.717) is 25.2 Å². The smallest absolute Gasteiger partial charge is 0.253 e. The van der Waals surface area contributed by atoms with Crippen LogP contribution in [0, 0.1) is 11.3 Å². The van der Waals surface area contributed by atoms with Crippen LogP contribution in [-0.4, -0.2) is 59.8 Å². The third-order valence-electron chi connectivity index (χ3n) is 3.76. The van der Waals surface area contributed by atoms with Gasteiger partial charge in [-0.2, -0.15) is 5.26 Å². The first kappa shape index (κ1) is 18.2. The maximum absolute atomic E-state index is 12.3. The highest BCUT2D eigenvalue weighted by Gasteiger charge is 2.28. The van der Waals surface area contributed by atoms with Crippen molar-refractivity contribution in [1.29, 1.82) is 5.26 Å². The molecule has 1 aromatic rings. The lowest BCUT2D eigenvalue weighted by molar-refractivity contribution is -0.130. The number of nitrogens with zero attached hydrogens (tertiary/aromatic N) is 4. The Morgan fingerprint density at radius 2 is 2.29 bits per heavy atom. The van der Waals surface area contributed by atoms with Gasteiger partial charge in [-0.1, -0.05) is 11.6 Å². The Morgan fingerprint density at radius 1 is 1.54 bits per heavy atom. The maximum Gasteiger partial charge on any atom is 0.253 e. The number of carbonyl (C=O) groups excluding carboxylic acids is 2. The van der Waals surface area contributed by atoms with Crippen molar-refractivity contribution in [3.8, 4) is 6.07 Å². The first-order valence-corrected chi connectivity index (χ1v) is 8.06. The van der Waals surface area contributed by atoms with E-state index < -0.39 is 11.9 Å². The van der Waals surface area contributed by atoms with E-state index in [1.807, 2.05) is 19.0 Å². The first-order valence-electron chi connectivity index (χ1n) is 7.68. The van der Waals surface area contributed by atoms with Crippen LogP contribution in [0.5, 0.6) is 0 Å². The van der Waals surface area contributed by atoms with Gasteiger partial charge in [-0.15, -0.1) is 0 Å². The summed E-state index contributed by atoms with van der Waals surface area (Å²) in [6, 6.07) is 3.33. The summed E-state index contributed by atoms with van der Waals surface area (Å²) in [4.78, 5) is 32.1. The molecule has 1 atom stereocenters. The number of likely N-dealkylation sites (tertiary alicyclic amines) is 1. The number of halogens is 1. The summed E-state index contributed by atoms with van der Waals surface area (Å²) in [5.74, 6) is -0.686. The van der Waals surface area contributed by atoms with Crippen LogP contribution in [0.4, 0.5) is 0 Å². The van der Waals surface area contributed by atoms with Crippen LogP contribution in [-0.2, 0) is 11.3 Å². The predicted molar refractivity (Wildman–Crippen MR) is 89.3 cm³/mol. The first-order chi connectivity index (χ1) is 11.4. The van der Waals surface area contributed by atoms with E-state index in [1.54, 1.807) is 6.07 Å². The van der Waals surface area contributed by atoms with E-state index in [0.717, 1.165) is 6.42 Å². The van der Waals surface area contributed by atoms with E-state index in [9.17, 15) is 9.59 Å². The van der Waals surface area contributed by atoms with E-state index in [1.165, 1.54) is 11.1 Å². The molecule has 0 bridgehead atoms. The summed E-state index contributed by atoms with van der Waals surface area (Å²) < 4.78 is 0. The lowest BCUT2D eigenvalue weighted by Crippen LogP contribution is -2.42. The Kier molecular flexibility index (Phi) is 6.12. The van der Waals surface area contributed by atoms with E-state index in [2.05, 4.69) is 16.4 Å². The summed E-state index contributed by atoms with van der Waals surface area (Å²) in [6.45, 7) is 0.975. The van der Waals surface area contributed by atoms with Crippen LogP contribution >= 0.6 is 11.6 Å². The molecule has 1 aliphatic heterocycles. The predicted octanol–water partition coefficient (Wildman–Crippen LogP) is 1.04. The van der Waals surface area contributed by atoms with Crippen LogP contribution in [0.25, 0.3) is 0 Å². The number of amides is 2. The fourth-order valence-electron chi connectivity index (χ4n) is 2.62. The molecule has 1 N–H and O–H groups in total. The van der Waals surface area contributed by atoms with Gasteiger partial charge < -0.3 is 15.1 Å². The summed E-state index contributed by atoms with van der Waals surface area (Å²) >= 11 is 6.04. The fourth-order valence-corrected chi connectivity index (χ4v) is 2.81. The Hall–Kier alpha value is -2.17. The molecule has 8 heteroatoms. The van der Waals surface area contributed by atoms with Crippen molar-refractivity contribution < 1.29 is 9.59 Å². The summed E-state index contributed by atoms with van der Waals surface area (Å²) in [6.07, 6.45) is 2.92. The van der Waals surface area contributed by atoms with Crippen LogP contribution in [0.1, 0.15) is 28.9 Å². The number of nitriles is 1. The monoisotopic (exact) mass is 349 g/mol. The molecule has 2 amide bonds. The number of rotatable bonds is 5. The van der Waals surface area contributed by atoms with Gasteiger partial charge in [0, 0.05) is 19.3 Å². The Bertz CT molecular complexity index is 671. The molecule has 1 aromatic heterocycles. The van der Waals surface area contributed by atoms with Crippen LogP contribution in [0.3, 0.4) is 0 Å². The molecule has 24 heavy (non-hydrogen) atoms. The van der Waals surface area contributed by atoms with Gasteiger partial charge in [-0.05, 0) is 33.0 Å². The topological polar surface area (TPSA) is 89.3 Å². The normalized spacial score (nSPS) is 17.0. The van der Waals surface area contributed by atoms with Crippen LogP contribution in [0.15, 0.2) is 12.3 Å². The maximum atomic E-state index is 12.3. The van der Waals surface area contributed by atoms with E-state index in [4.69, 9.17) is 16.9 Å². The van der Waals surface area contributed by atoms with Gasteiger partial charge in [-0.3, -0.25) is 14.6 Å². The molecule has 0 aromatic carbocycles. The largest absolute Gasteiger partial charge is 0.343 e. The van der Waals surface area contributed by atoms with Crippen LogP contribution < -0.4 is 5.32 Å². The molecule has 0 aliphatic carbocycles. The molecule has 1 fully saturated rings. The van der Waals surface area contributed by atoms with Crippen molar-refractivity contribution in [2.24, 2.45) is 0 Å². The van der Waals surface area contributed by atoms with Crippen molar-refractivity contribution in [3.05, 3.63) is 28.5 Å². The molecule has 0 unspecified atom stereocenters. The van der Waals surface area contributed by atoms with Crippen molar-refractivity contribution in [2.75, 3.05) is 27.2 Å². The average Bonchev–Trinajstić information content (AvgIpc) is 3.02. The van der Waals surface area contributed by atoms with Gasteiger partial charge in [0.1, 0.15) is 6.04 Å². The second-order valence-electron chi connectivity index (χ2n) is 5.95. The number of hydrogen-bond donors (Lipinski definition) is 1. The van der Waals surface area contributed by atoms with Gasteiger partial charge in [0.15, 0.2) is 0 Å². The summed E-state index contributed by atoms with van der Waals surface area (Å²) in [5.41, 5.74) is 1.000. The molecular formula is C16H20ClN5O2. The number of hydrogen-bond acceptors (Lipinski definition) is 5. The second kappa shape index (κ2) is 8.08. The van der Waals surface area contributed by atoms with Gasteiger partial charge in [-0.25, -0.2) is 0 Å². The molecule has 1 saturated heterocycles. The number of pyridine rings is 1. The zero-order valence-electron chi connectivity index (χ0n) is 13.8. The Labute approximate surface area is 146 Å². The lowest BCUT2D eigenvalue weighted by atomic mass is 10.2. The molecule has 7 nitrogen and oxygen atoms in total. The minimum atomic E-state index is -0.427. The Balaban J connectivity index is 1.99. The molecule has 0 saturated carbocycles. The highest BCUT2D eigenvalue weighted by Crippen LogP contribution is 2.17. The number of carbonyl (C=O) groups is 2. The molecule has 0 radical (unpaired) electrons. The third kappa shape index (κ3) is 4.43. The third-order valence-corrected chi connectivity index (χ3v) is 4.06. The highest BCUT2D eigenvalue weighted by atomic mass is 35.5. The van der Waals surface area contributed by atoms with Crippen LogP contribution in [0.2, 0.25) is 5.02 Å². The fraction of sp³-hybridized carbons (Fsp3) is 0.500. The minimum absolute atomic E-state index is 0.154. The van der Waals surface area contributed by atoms with Gasteiger partial charge >= 0.3 is 0 Å². The van der Waals surface area contributed by atoms with Crippen molar-refractivity contribution in [1.82, 2.24) is 20.1 Å². The summed E-state index contributed by atoms with van der Waals surface area (Å²) in [5, 5.41) is 11.8. The lowest BCUT2D eigenvalue weighted by Gasteiger charge is -2.19. The molecule has 2 rings (SSSR count). The van der Waals surface area contributed by atoms with Crippen molar-refractivity contribution in [3.63, 3.8) is 0 Å². The number of nitrogens with one attached hydrogen (secondary N) is 1. The minimum Gasteiger partial charge on any atom is -0.343 e. The van der Waals surface area contributed by atoms with Crippen molar-refractivity contribution >= 4 is 23.4 Å². The van der Waals surface area contributed by atoms with Gasteiger partial charge in [0.2, 0.25) is 5.91 Å². The second-order valence-corrected chi connectivity index (χ2v) is 6.36. The zero-order chi connectivity index (χ0) is 17.7.